The van der Waals surface area contributed by atoms with Crippen molar-refractivity contribution in [2.75, 3.05) is 24.9 Å². The maximum absolute atomic E-state index is 13.6. The standard InChI is InChI=1S/C25H24FN3O5S/c1-34-20-7-5-17(6-8-20)25(31)28-13-16-11-18(15-28)24-22(9-10-23(30)29(24)14-16)27-35(32,33)21-4-2-3-19(26)12-21/h2-10,12,16,18,27H,11,13-15H2,1H3. The first-order valence-corrected chi connectivity index (χ1v) is 12.7. The minimum absolute atomic E-state index is 0.0659. The maximum Gasteiger partial charge on any atom is 0.262 e. The molecular weight excluding hydrogens is 473 g/mol. The summed E-state index contributed by atoms with van der Waals surface area (Å²) < 4.78 is 48.9. The average Bonchev–Trinajstić information content (AvgIpc) is 2.85. The molecule has 2 unspecified atom stereocenters. The third-order valence-corrected chi connectivity index (χ3v) is 7.93. The van der Waals surface area contributed by atoms with Crippen molar-refractivity contribution in [1.29, 1.82) is 0 Å². The molecule has 1 aromatic heterocycles. The number of halogens is 1. The number of pyridine rings is 1. The smallest absolute Gasteiger partial charge is 0.262 e. The highest BCUT2D eigenvalue weighted by Gasteiger charge is 2.38. The van der Waals surface area contributed by atoms with E-state index in [1.54, 1.807) is 40.8 Å². The van der Waals surface area contributed by atoms with E-state index in [1.807, 2.05) is 0 Å². The molecule has 35 heavy (non-hydrogen) atoms. The molecule has 0 radical (unpaired) electrons. The highest BCUT2D eigenvalue weighted by molar-refractivity contribution is 7.92. The lowest BCUT2D eigenvalue weighted by Crippen LogP contribution is -2.49. The quantitative estimate of drug-likeness (QED) is 0.584. The first kappa shape index (κ1) is 23.1. The Labute approximate surface area is 202 Å². The van der Waals surface area contributed by atoms with Gasteiger partial charge >= 0.3 is 0 Å². The van der Waals surface area contributed by atoms with Crippen molar-refractivity contribution in [2.45, 2.75) is 23.8 Å². The molecule has 10 heteroatoms. The lowest BCUT2D eigenvalue weighted by molar-refractivity contribution is 0.0595. The number of hydrogen-bond donors (Lipinski definition) is 1. The van der Waals surface area contributed by atoms with Gasteiger partial charge in [0.1, 0.15) is 11.6 Å². The van der Waals surface area contributed by atoms with Crippen LogP contribution < -0.4 is 15.0 Å². The van der Waals surface area contributed by atoms with Crippen molar-refractivity contribution >= 4 is 21.6 Å². The summed E-state index contributed by atoms with van der Waals surface area (Å²) in [5, 5.41) is 0. The van der Waals surface area contributed by atoms with Gasteiger partial charge in [0, 0.05) is 37.2 Å². The van der Waals surface area contributed by atoms with Gasteiger partial charge < -0.3 is 14.2 Å². The Morgan fingerprint density at radius 2 is 1.83 bits per heavy atom. The van der Waals surface area contributed by atoms with Gasteiger partial charge in [-0.1, -0.05) is 6.07 Å². The molecule has 2 aliphatic rings. The van der Waals surface area contributed by atoms with E-state index in [4.69, 9.17) is 4.74 Å². The number of benzene rings is 2. The Bertz CT molecular complexity index is 1450. The van der Waals surface area contributed by atoms with Crippen LogP contribution in [0.25, 0.3) is 0 Å². The Hall–Kier alpha value is -3.66. The van der Waals surface area contributed by atoms with Crippen LogP contribution >= 0.6 is 0 Å². The van der Waals surface area contributed by atoms with Crippen LogP contribution in [-0.2, 0) is 16.6 Å². The predicted octanol–water partition coefficient (Wildman–Crippen LogP) is 3.06. The number of carbonyl (C=O) groups excluding carboxylic acids is 1. The summed E-state index contributed by atoms with van der Waals surface area (Å²) >= 11 is 0. The van der Waals surface area contributed by atoms with Crippen LogP contribution in [0.5, 0.6) is 5.75 Å². The van der Waals surface area contributed by atoms with Gasteiger partial charge in [0.15, 0.2) is 0 Å². The van der Waals surface area contributed by atoms with Gasteiger partial charge in [0.05, 0.1) is 23.4 Å². The summed E-state index contributed by atoms with van der Waals surface area (Å²) in [6.45, 7) is 1.23. The number of aromatic nitrogens is 1. The van der Waals surface area contributed by atoms with Gasteiger partial charge in [0.25, 0.3) is 21.5 Å². The summed E-state index contributed by atoms with van der Waals surface area (Å²) in [4.78, 5) is 27.4. The monoisotopic (exact) mass is 497 g/mol. The molecule has 1 N–H and O–H groups in total. The van der Waals surface area contributed by atoms with E-state index in [9.17, 15) is 22.4 Å². The molecule has 2 aliphatic heterocycles. The van der Waals surface area contributed by atoms with E-state index >= 15 is 0 Å². The molecule has 2 bridgehead atoms. The molecule has 0 spiro atoms. The number of fused-ring (bicyclic) bond motifs is 4. The van der Waals surface area contributed by atoms with Crippen LogP contribution in [0, 0.1) is 11.7 Å². The van der Waals surface area contributed by atoms with E-state index in [0.29, 0.717) is 36.6 Å². The van der Waals surface area contributed by atoms with Crippen molar-refractivity contribution in [2.24, 2.45) is 5.92 Å². The third kappa shape index (κ3) is 4.41. The second-order valence-electron chi connectivity index (χ2n) is 8.88. The highest BCUT2D eigenvalue weighted by Crippen LogP contribution is 2.39. The molecule has 3 heterocycles. The number of ether oxygens (including phenoxy) is 1. The molecule has 2 atom stereocenters. The molecule has 3 aromatic rings. The summed E-state index contributed by atoms with van der Waals surface area (Å²) in [5.74, 6) is -0.307. The molecule has 182 valence electrons. The van der Waals surface area contributed by atoms with Crippen LogP contribution in [0.4, 0.5) is 10.1 Å². The number of hydrogen-bond acceptors (Lipinski definition) is 5. The Morgan fingerprint density at radius 1 is 1.06 bits per heavy atom. The fourth-order valence-electron chi connectivity index (χ4n) is 5.02. The van der Waals surface area contributed by atoms with Crippen LogP contribution in [0.15, 0.2) is 70.4 Å². The maximum atomic E-state index is 13.6. The molecule has 5 rings (SSSR count). The largest absolute Gasteiger partial charge is 0.497 e. The van der Waals surface area contributed by atoms with Crippen LogP contribution in [0.3, 0.4) is 0 Å². The number of sulfonamides is 1. The number of nitrogens with zero attached hydrogens (tertiary/aromatic N) is 2. The van der Waals surface area contributed by atoms with Crippen molar-refractivity contribution in [3.63, 3.8) is 0 Å². The number of piperidine rings is 1. The average molecular weight is 498 g/mol. The number of amides is 1. The molecule has 8 nitrogen and oxygen atoms in total. The second-order valence-corrected chi connectivity index (χ2v) is 10.6. The first-order valence-electron chi connectivity index (χ1n) is 11.2. The van der Waals surface area contributed by atoms with Crippen molar-refractivity contribution in [3.8, 4) is 5.75 Å². The number of likely N-dealkylation sites (tertiary alicyclic amines) is 1. The van der Waals surface area contributed by atoms with Gasteiger partial charge in [-0.2, -0.15) is 0 Å². The zero-order valence-electron chi connectivity index (χ0n) is 19.0. The Morgan fingerprint density at radius 3 is 2.54 bits per heavy atom. The molecule has 1 saturated heterocycles. The molecule has 1 amide bonds. The van der Waals surface area contributed by atoms with Crippen LogP contribution in [0.2, 0.25) is 0 Å². The van der Waals surface area contributed by atoms with Gasteiger partial charge in [-0.05, 0) is 60.9 Å². The van der Waals surface area contributed by atoms with Crippen LogP contribution in [0.1, 0.15) is 28.4 Å². The number of carbonyl (C=O) groups is 1. The van der Waals surface area contributed by atoms with Crippen molar-refractivity contribution in [3.05, 3.63) is 88.1 Å². The normalized spacial score (nSPS) is 19.1. The minimum Gasteiger partial charge on any atom is -0.497 e. The number of nitrogens with one attached hydrogen (secondary N) is 1. The lowest BCUT2D eigenvalue weighted by Gasteiger charge is -2.43. The van der Waals surface area contributed by atoms with Crippen molar-refractivity contribution < 1.29 is 22.3 Å². The number of anilines is 1. The first-order chi connectivity index (χ1) is 16.7. The fraction of sp³-hybridized carbons (Fsp3) is 0.280. The molecule has 0 saturated carbocycles. The second kappa shape index (κ2) is 8.84. The molecule has 1 fully saturated rings. The van der Waals surface area contributed by atoms with Crippen LogP contribution in [-0.4, -0.2) is 44.0 Å². The van der Waals surface area contributed by atoms with E-state index in [1.165, 1.54) is 30.3 Å². The van der Waals surface area contributed by atoms with Gasteiger partial charge in [-0.15, -0.1) is 0 Å². The summed E-state index contributed by atoms with van der Waals surface area (Å²) in [6.07, 6.45) is 0.727. The van der Waals surface area contributed by atoms with Crippen molar-refractivity contribution in [1.82, 2.24) is 9.47 Å². The van der Waals surface area contributed by atoms with Gasteiger partial charge in [-0.25, -0.2) is 12.8 Å². The summed E-state index contributed by atoms with van der Waals surface area (Å²) in [7, 11) is -2.53. The lowest BCUT2D eigenvalue weighted by atomic mass is 9.82. The fourth-order valence-corrected chi connectivity index (χ4v) is 6.13. The summed E-state index contributed by atoms with van der Waals surface area (Å²) in [6, 6.07) is 14.4. The van der Waals surface area contributed by atoms with Gasteiger partial charge in [0.2, 0.25) is 0 Å². The highest BCUT2D eigenvalue weighted by atomic mass is 32.2. The molecule has 0 aliphatic carbocycles. The van der Waals surface area contributed by atoms with E-state index < -0.39 is 15.8 Å². The van der Waals surface area contributed by atoms with Gasteiger partial charge in [-0.3, -0.25) is 14.3 Å². The topological polar surface area (TPSA) is 97.7 Å². The number of rotatable bonds is 5. The Balaban J connectivity index is 1.46. The van der Waals surface area contributed by atoms with E-state index in [2.05, 4.69) is 4.72 Å². The predicted molar refractivity (Wildman–Crippen MR) is 128 cm³/mol. The molecule has 2 aromatic carbocycles. The van der Waals surface area contributed by atoms with E-state index in [-0.39, 0.29) is 33.9 Å². The van der Waals surface area contributed by atoms with E-state index in [0.717, 1.165) is 12.5 Å². The zero-order chi connectivity index (χ0) is 24.7. The zero-order valence-corrected chi connectivity index (χ0v) is 19.8. The number of methoxy groups -OCH3 is 1. The minimum atomic E-state index is -4.09. The SMILES string of the molecule is COc1ccc(C(=O)N2CC3CC(C2)c2c(NS(=O)(=O)c4cccc(F)c4)ccc(=O)n2C3)cc1. The Kier molecular flexibility index (Phi) is 5.84. The molecular formula is C25H24FN3O5S. The third-order valence-electron chi connectivity index (χ3n) is 6.56. The summed E-state index contributed by atoms with van der Waals surface area (Å²) in [5.41, 5.74) is 1.11.